The van der Waals surface area contributed by atoms with Gasteiger partial charge in [0.05, 0.1) is 35.4 Å². The molecule has 0 N–H and O–H groups in total. The predicted octanol–water partition coefficient (Wildman–Crippen LogP) is 4.56. The normalized spacial score (nSPS) is 16.2. The van der Waals surface area contributed by atoms with Gasteiger partial charge in [0.2, 0.25) is 0 Å². The number of halogens is 3. The first-order valence-corrected chi connectivity index (χ1v) is 10.4. The minimum absolute atomic E-state index is 0.0706. The lowest BCUT2D eigenvalue weighted by atomic mass is 10.1. The lowest BCUT2D eigenvalue weighted by Crippen LogP contribution is -2.18. The smallest absolute Gasteiger partial charge is 0.273 e. The van der Waals surface area contributed by atoms with Gasteiger partial charge in [0.15, 0.2) is 5.82 Å². The summed E-state index contributed by atoms with van der Waals surface area (Å²) in [5.41, 5.74) is 0.621. The number of hydrogen-bond acceptors (Lipinski definition) is 6. The van der Waals surface area contributed by atoms with Crippen LogP contribution in [0.15, 0.2) is 61.4 Å². The highest BCUT2D eigenvalue weighted by Gasteiger charge is 2.28. The van der Waals surface area contributed by atoms with Crippen LogP contribution in [0.3, 0.4) is 0 Å². The lowest BCUT2D eigenvalue weighted by molar-refractivity contribution is -0.0394. The third-order valence-corrected chi connectivity index (χ3v) is 4.99. The summed E-state index contributed by atoms with van der Waals surface area (Å²) in [6, 6.07) is 5.21. The summed E-state index contributed by atoms with van der Waals surface area (Å²) in [6.45, 7) is 1.47. The van der Waals surface area contributed by atoms with Crippen molar-refractivity contribution < 1.29 is 17.9 Å². The Balaban J connectivity index is 0.000000157. The first-order chi connectivity index (χ1) is 15.9. The highest BCUT2D eigenvalue weighted by molar-refractivity contribution is 5.51. The second-order valence-electron chi connectivity index (χ2n) is 7.50. The van der Waals surface area contributed by atoms with Crippen molar-refractivity contribution in [2.45, 2.75) is 38.3 Å². The van der Waals surface area contributed by atoms with Gasteiger partial charge in [0.25, 0.3) is 5.92 Å². The second-order valence-corrected chi connectivity index (χ2v) is 7.50. The fraction of sp³-hybridized carbons (Fsp3) is 0.318. The van der Waals surface area contributed by atoms with Crippen molar-refractivity contribution in [3.05, 3.63) is 72.8 Å². The van der Waals surface area contributed by atoms with Crippen molar-refractivity contribution in [2.24, 2.45) is 0 Å². The van der Waals surface area contributed by atoms with Crippen LogP contribution in [0.2, 0.25) is 0 Å². The molecule has 1 aliphatic rings. The van der Waals surface area contributed by atoms with E-state index in [4.69, 9.17) is 4.74 Å². The molecule has 4 aromatic rings. The predicted molar refractivity (Wildman–Crippen MR) is 113 cm³/mol. The van der Waals surface area contributed by atoms with Crippen molar-refractivity contribution in [3.8, 4) is 17.1 Å². The first-order valence-electron chi connectivity index (χ1n) is 10.4. The van der Waals surface area contributed by atoms with Crippen molar-refractivity contribution in [1.29, 1.82) is 0 Å². The maximum Gasteiger partial charge on any atom is 0.273 e. The average Bonchev–Trinajstić information content (AvgIpc) is 3.53. The van der Waals surface area contributed by atoms with E-state index in [-0.39, 0.29) is 6.23 Å². The molecule has 0 bridgehead atoms. The van der Waals surface area contributed by atoms with E-state index in [2.05, 4.69) is 25.4 Å². The number of ether oxygens (including phenoxy) is 1. The van der Waals surface area contributed by atoms with E-state index >= 15 is 0 Å². The summed E-state index contributed by atoms with van der Waals surface area (Å²) < 4.78 is 48.1. The van der Waals surface area contributed by atoms with Gasteiger partial charge < -0.3 is 4.74 Å². The van der Waals surface area contributed by atoms with Crippen LogP contribution in [0.4, 0.5) is 13.2 Å². The third kappa shape index (κ3) is 5.61. The van der Waals surface area contributed by atoms with Crippen LogP contribution in [-0.2, 0) is 10.7 Å². The van der Waals surface area contributed by atoms with Crippen molar-refractivity contribution >= 4 is 0 Å². The Kier molecular flexibility index (Phi) is 6.78. The quantitative estimate of drug-likeness (QED) is 0.447. The molecular weight excluding hydrogens is 435 g/mol. The Bertz CT molecular complexity index is 1150. The van der Waals surface area contributed by atoms with Crippen LogP contribution in [0.25, 0.3) is 17.1 Å². The molecule has 0 saturated carbocycles. The van der Waals surface area contributed by atoms with E-state index in [9.17, 15) is 13.2 Å². The minimum Gasteiger partial charge on any atom is -0.357 e. The van der Waals surface area contributed by atoms with E-state index in [1.165, 1.54) is 29.6 Å². The largest absolute Gasteiger partial charge is 0.357 e. The number of rotatable bonds is 4. The Morgan fingerprint density at radius 2 is 1.94 bits per heavy atom. The SMILES string of the molecule is CC(F)(F)c1cc(-n2ccnn2)ccc1F.c1cnc(-c2cnn(C3CCCCO3)c2)nc1. The maximum atomic E-state index is 13.2. The third-order valence-electron chi connectivity index (χ3n) is 4.99. The minimum atomic E-state index is -3.22. The van der Waals surface area contributed by atoms with Crippen molar-refractivity contribution in [3.63, 3.8) is 0 Å². The summed E-state index contributed by atoms with van der Waals surface area (Å²) in [5, 5.41) is 11.5. The molecule has 3 aromatic heterocycles. The van der Waals surface area contributed by atoms with E-state index in [1.807, 2.05) is 10.9 Å². The van der Waals surface area contributed by atoms with Gasteiger partial charge in [-0.2, -0.15) is 5.10 Å². The molecule has 1 fully saturated rings. The van der Waals surface area contributed by atoms with Crippen LogP contribution < -0.4 is 0 Å². The zero-order chi connectivity index (χ0) is 23.3. The van der Waals surface area contributed by atoms with Crippen LogP contribution in [0, 0.1) is 5.82 Å². The Hall–Kier alpha value is -3.60. The molecule has 5 rings (SSSR count). The number of alkyl halides is 2. The van der Waals surface area contributed by atoms with Crippen LogP contribution in [0.1, 0.15) is 38.0 Å². The van der Waals surface area contributed by atoms with Crippen molar-refractivity contribution in [1.82, 2.24) is 34.7 Å². The van der Waals surface area contributed by atoms with Gasteiger partial charge in [-0.3, -0.25) is 0 Å². The van der Waals surface area contributed by atoms with Crippen LogP contribution in [-0.4, -0.2) is 41.3 Å². The number of hydrogen-bond donors (Lipinski definition) is 0. The molecule has 1 unspecified atom stereocenters. The second kappa shape index (κ2) is 9.90. The Morgan fingerprint density at radius 3 is 2.61 bits per heavy atom. The summed E-state index contributed by atoms with van der Waals surface area (Å²) in [5.74, 6) is -3.45. The van der Waals surface area contributed by atoms with E-state index in [0.717, 1.165) is 37.1 Å². The Labute approximate surface area is 188 Å². The Morgan fingerprint density at radius 1 is 1.12 bits per heavy atom. The highest BCUT2D eigenvalue weighted by atomic mass is 19.3. The summed E-state index contributed by atoms with van der Waals surface area (Å²) >= 11 is 0. The van der Waals surface area contributed by atoms with E-state index in [0.29, 0.717) is 18.4 Å². The highest BCUT2D eigenvalue weighted by Crippen LogP contribution is 2.30. The van der Waals surface area contributed by atoms with Crippen LogP contribution >= 0.6 is 0 Å². The number of aromatic nitrogens is 7. The lowest BCUT2D eigenvalue weighted by Gasteiger charge is -2.22. The average molecular weight is 457 g/mol. The molecule has 1 aliphatic heterocycles. The monoisotopic (exact) mass is 457 g/mol. The molecule has 1 aromatic carbocycles. The van der Waals surface area contributed by atoms with E-state index < -0.39 is 17.3 Å². The van der Waals surface area contributed by atoms with Gasteiger partial charge in [-0.05, 0) is 43.5 Å². The molecule has 0 radical (unpaired) electrons. The molecule has 1 saturated heterocycles. The molecule has 11 heteroatoms. The molecule has 8 nitrogen and oxygen atoms in total. The number of benzene rings is 1. The van der Waals surface area contributed by atoms with Gasteiger partial charge >= 0.3 is 0 Å². The molecule has 0 spiro atoms. The summed E-state index contributed by atoms with van der Waals surface area (Å²) in [7, 11) is 0. The van der Waals surface area contributed by atoms with E-state index in [1.54, 1.807) is 24.7 Å². The van der Waals surface area contributed by atoms with Gasteiger partial charge in [-0.25, -0.2) is 32.5 Å². The molecule has 4 heterocycles. The molecule has 33 heavy (non-hydrogen) atoms. The van der Waals surface area contributed by atoms with Crippen LogP contribution in [0.5, 0.6) is 0 Å². The molecule has 0 aliphatic carbocycles. The zero-order valence-electron chi connectivity index (χ0n) is 17.9. The molecular formula is C22H22F3N7O. The van der Waals surface area contributed by atoms with Gasteiger partial charge in [-0.15, -0.1) is 5.10 Å². The first kappa shape index (κ1) is 22.6. The standard InChI is InChI=1S/C12H14N4O.C10H8F3N3/c1-2-7-17-11(4-1)16-9-10(8-15-16)12-13-5-3-6-14-12;1-10(12,13)8-6-7(2-3-9(8)11)16-5-4-14-15-16/h3,5-6,8-9,11H,1-2,4,7H2;2-6H,1H3. The topological polar surface area (TPSA) is 83.5 Å². The van der Waals surface area contributed by atoms with Gasteiger partial charge in [-0.1, -0.05) is 5.21 Å². The van der Waals surface area contributed by atoms with Crippen molar-refractivity contribution in [2.75, 3.05) is 6.61 Å². The summed E-state index contributed by atoms with van der Waals surface area (Å²) in [6.07, 6.45) is 13.5. The molecule has 0 amide bonds. The number of nitrogens with zero attached hydrogens (tertiary/aromatic N) is 7. The fourth-order valence-corrected chi connectivity index (χ4v) is 3.33. The van der Waals surface area contributed by atoms with Gasteiger partial charge in [0, 0.05) is 32.1 Å². The van der Waals surface area contributed by atoms with Gasteiger partial charge in [0.1, 0.15) is 12.0 Å². The zero-order valence-corrected chi connectivity index (χ0v) is 17.9. The molecule has 1 atom stereocenters. The molecule has 172 valence electrons. The summed E-state index contributed by atoms with van der Waals surface area (Å²) in [4.78, 5) is 8.40. The fourth-order valence-electron chi connectivity index (χ4n) is 3.33. The maximum absolute atomic E-state index is 13.2.